The summed E-state index contributed by atoms with van der Waals surface area (Å²) in [5.41, 5.74) is 11.1. The third-order valence-corrected chi connectivity index (χ3v) is 7.46. The van der Waals surface area contributed by atoms with Crippen LogP contribution in [0.5, 0.6) is 0 Å². The number of aliphatic hydroxyl groups excluding tert-OH is 1. The molecule has 3 atom stereocenters. The highest BCUT2D eigenvalue weighted by Gasteiger charge is 2.42. The van der Waals surface area contributed by atoms with Crippen molar-refractivity contribution in [2.45, 2.75) is 63.8 Å². The van der Waals surface area contributed by atoms with Crippen molar-refractivity contribution in [2.24, 2.45) is 11.7 Å². The summed E-state index contributed by atoms with van der Waals surface area (Å²) in [6.07, 6.45) is 3.66. The third-order valence-electron chi connectivity index (χ3n) is 6.49. The van der Waals surface area contributed by atoms with Crippen LogP contribution in [-0.2, 0) is 16.1 Å². The van der Waals surface area contributed by atoms with Crippen LogP contribution in [0.15, 0.2) is 29.8 Å². The number of thiazole rings is 1. The first-order chi connectivity index (χ1) is 14.9. The normalized spacial score (nSPS) is 22.6. The van der Waals surface area contributed by atoms with E-state index in [0.717, 1.165) is 47.4 Å². The van der Waals surface area contributed by atoms with Gasteiger partial charge in [0.15, 0.2) is 0 Å². The lowest BCUT2D eigenvalue weighted by molar-refractivity contribution is -0.140. The van der Waals surface area contributed by atoms with E-state index in [4.69, 9.17) is 5.73 Å². The van der Waals surface area contributed by atoms with Crippen LogP contribution in [0.1, 0.15) is 43.4 Å². The minimum atomic E-state index is -0.697. The maximum atomic E-state index is 13.0. The maximum absolute atomic E-state index is 13.0. The number of aryl methyl sites for hydroxylation is 1. The smallest absolute Gasteiger partial charge is 0.243 e. The van der Waals surface area contributed by atoms with Crippen LogP contribution < -0.4 is 11.1 Å². The SMILES string of the molecule is Cc1ncsc1-c1ccc(CNC(=O)[C@@H]2C[C@@H](O)CN2C(=O)C(N)C2CCCC2)cc1. The van der Waals surface area contributed by atoms with Crippen LogP contribution in [0.3, 0.4) is 0 Å². The van der Waals surface area contributed by atoms with Crippen molar-refractivity contribution in [2.75, 3.05) is 6.54 Å². The molecule has 1 saturated carbocycles. The van der Waals surface area contributed by atoms with E-state index in [1.165, 1.54) is 4.90 Å². The van der Waals surface area contributed by atoms with Gasteiger partial charge < -0.3 is 21.1 Å². The first-order valence-corrected chi connectivity index (χ1v) is 11.8. The number of hydrogen-bond acceptors (Lipinski definition) is 6. The van der Waals surface area contributed by atoms with Crippen LogP contribution in [0.4, 0.5) is 0 Å². The summed E-state index contributed by atoms with van der Waals surface area (Å²) in [5.74, 6) is -0.284. The van der Waals surface area contributed by atoms with E-state index in [0.29, 0.717) is 6.54 Å². The molecule has 8 heteroatoms. The number of rotatable bonds is 6. The Morgan fingerprint density at radius 1 is 1.29 bits per heavy atom. The Labute approximate surface area is 186 Å². The molecule has 4 rings (SSSR count). The summed E-state index contributed by atoms with van der Waals surface area (Å²) in [4.78, 5) is 32.7. The van der Waals surface area contributed by atoms with Crippen LogP contribution in [0.25, 0.3) is 10.4 Å². The van der Waals surface area contributed by atoms with Crippen LogP contribution in [-0.4, -0.2) is 51.5 Å². The van der Waals surface area contributed by atoms with Crippen molar-refractivity contribution in [1.29, 1.82) is 0 Å². The molecular weight excluding hydrogens is 412 g/mol. The van der Waals surface area contributed by atoms with E-state index >= 15 is 0 Å². The Bertz CT molecular complexity index is 923. The van der Waals surface area contributed by atoms with Gasteiger partial charge in [0.25, 0.3) is 0 Å². The molecule has 2 aliphatic rings. The lowest BCUT2D eigenvalue weighted by atomic mass is 9.97. The maximum Gasteiger partial charge on any atom is 0.243 e. The molecule has 2 fully saturated rings. The average molecular weight is 443 g/mol. The zero-order valence-electron chi connectivity index (χ0n) is 17.8. The number of likely N-dealkylation sites (tertiary alicyclic amines) is 1. The lowest BCUT2D eigenvalue weighted by Crippen LogP contribution is -2.53. The highest BCUT2D eigenvalue weighted by Crippen LogP contribution is 2.30. The number of carbonyl (C=O) groups excluding carboxylic acids is 2. The molecule has 1 aromatic carbocycles. The Kier molecular flexibility index (Phi) is 6.69. The molecule has 1 saturated heterocycles. The Morgan fingerprint density at radius 2 is 2.00 bits per heavy atom. The minimum Gasteiger partial charge on any atom is -0.391 e. The fourth-order valence-electron chi connectivity index (χ4n) is 4.68. The number of nitrogens with one attached hydrogen (secondary N) is 1. The zero-order valence-corrected chi connectivity index (χ0v) is 18.6. The van der Waals surface area contributed by atoms with Crippen LogP contribution in [0, 0.1) is 12.8 Å². The number of aliphatic hydroxyl groups is 1. The van der Waals surface area contributed by atoms with Crippen molar-refractivity contribution < 1.29 is 14.7 Å². The van der Waals surface area contributed by atoms with Gasteiger partial charge in [-0.15, -0.1) is 11.3 Å². The third kappa shape index (κ3) is 4.81. The quantitative estimate of drug-likeness (QED) is 0.636. The monoisotopic (exact) mass is 442 g/mol. The first kappa shape index (κ1) is 21.9. The summed E-state index contributed by atoms with van der Waals surface area (Å²) in [5, 5.41) is 13.1. The molecule has 2 heterocycles. The lowest BCUT2D eigenvalue weighted by Gasteiger charge is -2.28. The van der Waals surface area contributed by atoms with Gasteiger partial charge in [0.1, 0.15) is 6.04 Å². The first-order valence-electron chi connectivity index (χ1n) is 10.9. The molecular formula is C23H30N4O3S. The molecule has 7 nitrogen and oxygen atoms in total. The van der Waals surface area contributed by atoms with Gasteiger partial charge in [0, 0.05) is 19.5 Å². The zero-order chi connectivity index (χ0) is 22.0. The summed E-state index contributed by atoms with van der Waals surface area (Å²) in [7, 11) is 0. The molecule has 4 N–H and O–H groups in total. The Morgan fingerprint density at radius 3 is 2.65 bits per heavy atom. The summed E-state index contributed by atoms with van der Waals surface area (Å²) < 4.78 is 0. The molecule has 1 aliphatic heterocycles. The number of hydrogen-bond donors (Lipinski definition) is 3. The van der Waals surface area contributed by atoms with Crippen molar-refractivity contribution in [3.8, 4) is 10.4 Å². The van der Waals surface area contributed by atoms with Crippen molar-refractivity contribution in [3.63, 3.8) is 0 Å². The number of benzene rings is 1. The molecule has 2 amide bonds. The fraction of sp³-hybridized carbons (Fsp3) is 0.522. The molecule has 31 heavy (non-hydrogen) atoms. The summed E-state index contributed by atoms with van der Waals surface area (Å²) in [6.45, 7) is 2.52. The van der Waals surface area contributed by atoms with E-state index in [9.17, 15) is 14.7 Å². The standard InChI is InChI=1S/C23H30N4O3S/c1-14-21(31-13-26-14)17-8-6-15(7-9-17)11-25-22(29)19-10-18(28)12-27(19)23(30)20(24)16-4-2-3-5-16/h6-9,13,16,18-20,28H,2-5,10-12,24H2,1H3,(H,25,29)/t18-,19+,20?/m1/s1. The predicted molar refractivity (Wildman–Crippen MR) is 120 cm³/mol. The van der Waals surface area contributed by atoms with Crippen LogP contribution in [0.2, 0.25) is 0 Å². The molecule has 0 radical (unpaired) electrons. The van der Waals surface area contributed by atoms with Crippen molar-refractivity contribution in [1.82, 2.24) is 15.2 Å². The number of aromatic nitrogens is 1. The molecule has 1 unspecified atom stereocenters. The number of β-amino-alcohol motifs (C(OH)–C–C–N with tert-alkyl or cyclic N) is 1. The van der Waals surface area contributed by atoms with E-state index in [1.54, 1.807) is 11.3 Å². The minimum absolute atomic E-state index is 0.167. The molecule has 166 valence electrons. The van der Waals surface area contributed by atoms with Gasteiger partial charge in [-0.2, -0.15) is 0 Å². The van der Waals surface area contributed by atoms with E-state index < -0.39 is 18.2 Å². The highest BCUT2D eigenvalue weighted by atomic mass is 32.1. The van der Waals surface area contributed by atoms with Gasteiger partial charge in [0.05, 0.1) is 28.2 Å². The number of amides is 2. The Hall–Kier alpha value is -2.29. The predicted octanol–water partition coefficient (Wildman–Crippen LogP) is 2.21. The van der Waals surface area contributed by atoms with Crippen molar-refractivity contribution in [3.05, 3.63) is 41.0 Å². The van der Waals surface area contributed by atoms with Crippen LogP contribution >= 0.6 is 11.3 Å². The largest absolute Gasteiger partial charge is 0.391 e. The Balaban J connectivity index is 1.36. The van der Waals surface area contributed by atoms with Gasteiger partial charge in [-0.3, -0.25) is 9.59 Å². The average Bonchev–Trinajstić information content (AvgIpc) is 3.52. The van der Waals surface area contributed by atoms with Gasteiger partial charge in [0.2, 0.25) is 11.8 Å². The van der Waals surface area contributed by atoms with E-state index in [2.05, 4.69) is 10.3 Å². The number of nitrogens with two attached hydrogens (primary N) is 1. The van der Waals surface area contributed by atoms with E-state index in [1.807, 2.05) is 36.7 Å². The van der Waals surface area contributed by atoms with Crippen molar-refractivity contribution >= 4 is 23.2 Å². The molecule has 2 aromatic rings. The molecule has 1 aliphatic carbocycles. The second-order valence-corrected chi connectivity index (χ2v) is 9.50. The van der Waals surface area contributed by atoms with Gasteiger partial charge >= 0.3 is 0 Å². The van der Waals surface area contributed by atoms with E-state index in [-0.39, 0.29) is 30.7 Å². The van der Waals surface area contributed by atoms with Gasteiger partial charge in [-0.05, 0) is 36.8 Å². The second kappa shape index (κ2) is 9.46. The second-order valence-electron chi connectivity index (χ2n) is 8.65. The number of nitrogens with zero attached hydrogens (tertiary/aromatic N) is 2. The molecule has 0 spiro atoms. The summed E-state index contributed by atoms with van der Waals surface area (Å²) in [6, 6.07) is 6.75. The summed E-state index contributed by atoms with van der Waals surface area (Å²) >= 11 is 1.61. The highest BCUT2D eigenvalue weighted by molar-refractivity contribution is 7.13. The van der Waals surface area contributed by atoms with Gasteiger partial charge in [-0.1, -0.05) is 37.1 Å². The number of carbonyl (C=O) groups is 2. The topological polar surface area (TPSA) is 109 Å². The molecule has 1 aromatic heterocycles. The van der Waals surface area contributed by atoms with Gasteiger partial charge in [-0.25, -0.2) is 4.98 Å². The molecule has 0 bridgehead atoms. The fourth-order valence-corrected chi connectivity index (χ4v) is 5.49.